The van der Waals surface area contributed by atoms with E-state index in [-0.39, 0.29) is 6.04 Å². The average Bonchev–Trinajstić information content (AvgIpc) is 2.72. The molecule has 1 N–H and O–H groups in total. The van der Waals surface area contributed by atoms with Crippen LogP contribution in [0.3, 0.4) is 0 Å². The monoisotopic (exact) mass is 377 g/mol. The van der Waals surface area contributed by atoms with Crippen molar-refractivity contribution in [2.75, 3.05) is 19.5 Å². The van der Waals surface area contributed by atoms with Crippen LogP contribution in [0.4, 0.5) is 5.69 Å². The van der Waals surface area contributed by atoms with Crippen LogP contribution >= 0.6 is 0 Å². The molecule has 1 aromatic carbocycles. The zero-order chi connectivity index (χ0) is 20.3. The predicted molar refractivity (Wildman–Crippen MR) is 115 cm³/mol. The van der Waals surface area contributed by atoms with Gasteiger partial charge in [0.2, 0.25) is 5.88 Å². The summed E-state index contributed by atoms with van der Waals surface area (Å²) in [7, 11) is 3.47. The van der Waals surface area contributed by atoms with Gasteiger partial charge < -0.3 is 10.1 Å². The van der Waals surface area contributed by atoms with Crippen molar-refractivity contribution >= 4 is 22.4 Å². The third-order valence-electron chi connectivity index (χ3n) is 4.74. The lowest BCUT2D eigenvalue weighted by Crippen LogP contribution is -2.22. The molecule has 0 saturated carbocycles. The van der Waals surface area contributed by atoms with Crippen molar-refractivity contribution in [1.29, 1.82) is 0 Å². The maximum atomic E-state index is 5.30. The molecule has 0 aliphatic heterocycles. The number of rotatable bonds is 6. The lowest BCUT2D eigenvalue weighted by atomic mass is 10.1. The van der Waals surface area contributed by atoms with E-state index in [1.807, 2.05) is 44.6 Å². The summed E-state index contributed by atoms with van der Waals surface area (Å²) in [5, 5.41) is 3.13. The number of hydrogen-bond donors (Lipinski definition) is 1. The summed E-state index contributed by atoms with van der Waals surface area (Å²) < 4.78 is 7.36. The number of pyridine rings is 1. The summed E-state index contributed by atoms with van der Waals surface area (Å²) in [6.45, 7) is 10.4. The minimum Gasteiger partial charge on any atom is -0.480 e. The zero-order valence-corrected chi connectivity index (χ0v) is 17.2. The van der Waals surface area contributed by atoms with E-state index in [0.29, 0.717) is 5.88 Å². The zero-order valence-electron chi connectivity index (χ0n) is 17.2. The molecule has 0 radical (unpaired) electrons. The molecule has 2 aromatic heterocycles. The van der Waals surface area contributed by atoms with Crippen LogP contribution < -0.4 is 15.5 Å². The number of ether oxygens (including phenoxy) is 1. The van der Waals surface area contributed by atoms with Crippen molar-refractivity contribution in [3.63, 3.8) is 0 Å². The molecule has 3 aromatic rings. The van der Waals surface area contributed by atoms with Crippen LogP contribution in [-0.2, 0) is 0 Å². The Morgan fingerprint density at radius 3 is 2.68 bits per heavy atom. The Morgan fingerprint density at radius 1 is 1.25 bits per heavy atom. The highest BCUT2D eigenvalue weighted by atomic mass is 16.5. The van der Waals surface area contributed by atoms with Gasteiger partial charge in [0.05, 0.1) is 30.0 Å². The van der Waals surface area contributed by atoms with Crippen LogP contribution in [-0.4, -0.2) is 34.7 Å². The average molecular weight is 377 g/mol. The van der Waals surface area contributed by atoms with Crippen molar-refractivity contribution in [1.82, 2.24) is 14.5 Å². The first kappa shape index (κ1) is 19.6. The van der Waals surface area contributed by atoms with Gasteiger partial charge in [0.1, 0.15) is 0 Å². The molecule has 0 amide bonds. The van der Waals surface area contributed by atoms with Gasteiger partial charge in [-0.2, -0.15) is 0 Å². The Labute approximate surface area is 165 Å². The SMILES string of the molecule is C=C(C)n1c(=NC(C)CC)cnc2ccc(-c3cnc(OC)c(NC)c3)cc21. The van der Waals surface area contributed by atoms with E-state index in [0.717, 1.165) is 45.5 Å². The molecule has 0 bridgehead atoms. The first-order valence-electron chi connectivity index (χ1n) is 9.42. The number of benzene rings is 1. The Balaban J connectivity index is 2.24. The van der Waals surface area contributed by atoms with Crippen LogP contribution in [0.2, 0.25) is 0 Å². The largest absolute Gasteiger partial charge is 0.480 e. The first-order valence-corrected chi connectivity index (χ1v) is 9.42. The standard InChI is InChI=1S/C22H27N5O/c1-7-15(4)26-21-13-24-18-9-8-16(11-20(18)27(21)14(2)3)17-10-19(23-5)22(28-6)25-12-17/h8-13,15,23H,2,7H2,1,3-6H3. The van der Waals surface area contributed by atoms with Gasteiger partial charge in [-0.05, 0) is 44.0 Å². The van der Waals surface area contributed by atoms with E-state index in [4.69, 9.17) is 9.73 Å². The minimum atomic E-state index is 0.219. The van der Waals surface area contributed by atoms with E-state index in [2.05, 4.69) is 46.3 Å². The summed E-state index contributed by atoms with van der Waals surface area (Å²) in [6, 6.07) is 8.42. The predicted octanol–water partition coefficient (Wildman–Crippen LogP) is 4.34. The number of hydrogen-bond acceptors (Lipinski definition) is 5. The molecule has 0 spiro atoms. The Morgan fingerprint density at radius 2 is 2.04 bits per heavy atom. The third kappa shape index (κ3) is 3.76. The fourth-order valence-electron chi connectivity index (χ4n) is 3.06. The molecule has 0 fully saturated rings. The van der Waals surface area contributed by atoms with Gasteiger partial charge in [0.15, 0.2) is 5.49 Å². The van der Waals surface area contributed by atoms with Crippen molar-refractivity contribution < 1.29 is 4.74 Å². The van der Waals surface area contributed by atoms with Crippen LogP contribution in [0.1, 0.15) is 27.2 Å². The molecule has 3 rings (SSSR count). The number of aromatic nitrogens is 3. The molecule has 0 aliphatic carbocycles. The second-order valence-electron chi connectivity index (χ2n) is 6.81. The topological polar surface area (TPSA) is 64.3 Å². The molecular weight excluding hydrogens is 350 g/mol. The lowest BCUT2D eigenvalue weighted by Gasteiger charge is -2.14. The van der Waals surface area contributed by atoms with Gasteiger partial charge >= 0.3 is 0 Å². The molecule has 2 heterocycles. The summed E-state index contributed by atoms with van der Waals surface area (Å²) >= 11 is 0. The molecule has 0 aliphatic rings. The second-order valence-corrected chi connectivity index (χ2v) is 6.81. The first-order chi connectivity index (χ1) is 13.5. The number of nitrogens with one attached hydrogen (secondary N) is 1. The van der Waals surface area contributed by atoms with Gasteiger partial charge in [0.25, 0.3) is 0 Å². The number of anilines is 1. The highest BCUT2D eigenvalue weighted by molar-refractivity contribution is 5.84. The smallest absolute Gasteiger partial charge is 0.237 e. The van der Waals surface area contributed by atoms with Gasteiger partial charge in [-0.25, -0.2) is 4.98 Å². The highest BCUT2D eigenvalue weighted by Crippen LogP contribution is 2.29. The summed E-state index contributed by atoms with van der Waals surface area (Å²) in [6.07, 6.45) is 4.60. The van der Waals surface area contributed by atoms with Crippen molar-refractivity contribution in [3.8, 4) is 17.0 Å². The van der Waals surface area contributed by atoms with E-state index >= 15 is 0 Å². The van der Waals surface area contributed by atoms with Gasteiger partial charge in [0, 0.05) is 30.5 Å². The van der Waals surface area contributed by atoms with Crippen LogP contribution in [0, 0.1) is 0 Å². The normalized spacial score (nSPS) is 12.8. The fourth-order valence-corrected chi connectivity index (χ4v) is 3.06. The molecule has 6 nitrogen and oxygen atoms in total. The summed E-state index contributed by atoms with van der Waals surface area (Å²) in [4.78, 5) is 13.8. The molecule has 1 unspecified atom stereocenters. The number of allylic oxidation sites excluding steroid dienone is 1. The third-order valence-corrected chi connectivity index (χ3v) is 4.74. The summed E-state index contributed by atoms with van der Waals surface area (Å²) in [5.41, 5.74) is 6.44. The van der Waals surface area contributed by atoms with Crippen molar-refractivity contribution in [3.05, 3.63) is 48.7 Å². The van der Waals surface area contributed by atoms with Crippen molar-refractivity contribution in [2.24, 2.45) is 4.99 Å². The number of methoxy groups -OCH3 is 1. The quantitative estimate of drug-likeness (QED) is 0.694. The molecule has 0 saturated heterocycles. The molecular formula is C22H27N5O. The molecule has 28 heavy (non-hydrogen) atoms. The Bertz CT molecular complexity index is 1080. The fraction of sp³-hybridized carbons (Fsp3) is 0.318. The maximum Gasteiger partial charge on any atom is 0.237 e. The molecule has 146 valence electrons. The van der Waals surface area contributed by atoms with E-state index in [1.165, 1.54) is 0 Å². The van der Waals surface area contributed by atoms with Crippen LogP contribution in [0.25, 0.3) is 27.9 Å². The van der Waals surface area contributed by atoms with Crippen LogP contribution in [0.15, 0.2) is 48.2 Å². The summed E-state index contributed by atoms with van der Waals surface area (Å²) in [5.74, 6) is 0.570. The number of nitrogens with zero attached hydrogens (tertiary/aromatic N) is 4. The molecule has 6 heteroatoms. The maximum absolute atomic E-state index is 5.30. The lowest BCUT2D eigenvalue weighted by molar-refractivity contribution is 0.400. The van der Waals surface area contributed by atoms with E-state index in [9.17, 15) is 0 Å². The second kappa shape index (κ2) is 8.25. The van der Waals surface area contributed by atoms with Gasteiger partial charge in [-0.15, -0.1) is 0 Å². The van der Waals surface area contributed by atoms with Crippen LogP contribution in [0.5, 0.6) is 5.88 Å². The van der Waals surface area contributed by atoms with Gasteiger partial charge in [-0.1, -0.05) is 19.6 Å². The van der Waals surface area contributed by atoms with E-state index < -0.39 is 0 Å². The minimum absolute atomic E-state index is 0.219. The Hall–Kier alpha value is -3.15. The Kier molecular flexibility index (Phi) is 5.78. The van der Waals surface area contributed by atoms with Crippen molar-refractivity contribution in [2.45, 2.75) is 33.2 Å². The van der Waals surface area contributed by atoms with Gasteiger partial charge in [-0.3, -0.25) is 14.5 Å². The van der Waals surface area contributed by atoms with E-state index in [1.54, 1.807) is 7.11 Å². The highest BCUT2D eigenvalue weighted by Gasteiger charge is 2.10. The molecule has 1 atom stereocenters. The number of fused-ring (bicyclic) bond motifs is 1.